The van der Waals surface area contributed by atoms with E-state index in [-0.39, 0.29) is 11.8 Å². The van der Waals surface area contributed by atoms with Crippen LogP contribution in [0, 0.1) is 17.8 Å². The summed E-state index contributed by atoms with van der Waals surface area (Å²) in [6, 6.07) is 0. The molecule has 1 aliphatic heterocycles. The Morgan fingerprint density at radius 1 is 1.39 bits per heavy atom. The summed E-state index contributed by atoms with van der Waals surface area (Å²) in [5, 5.41) is 0. The summed E-state index contributed by atoms with van der Waals surface area (Å²) in [6.45, 7) is 7.15. The number of nitrogens with zero attached hydrogens (tertiary/aromatic N) is 1. The quantitative estimate of drug-likeness (QED) is 0.783. The van der Waals surface area contributed by atoms with Crippen molar-refractivity contribution in [2.24, 2.45) is 23.5 Å². The Kier molecular flexibility index (Phi) is 6.65. The normalized spacial score (nSPS) is 18.9. The van der Waals surface area contributed by atoms with Crippen molar-refractivity contribution in [3.05, 3.63) is 0 Å². The molecule has 4 nitrogen and oxygen atoms in total. The molecule has 1 unspecified atom stereocenters. The van der Waals surface area contributed by atoms with Crippen LogP contribution < -0.4 is 5.73 Å². The number of rotatable bonds is 6. The van der Waals surface area contributed by atoms with E-state index in [4.69, 9.17) is 10.5 Å². The summed E-state index contributed by atoms with van der Waals surface area (Å²) >= 11 is 0. The van der Waals surface area contributed by atoms with E-state index in [2.05, 4.69) is 13.8 Å². The van der Waals surface area contributed by atoms with E-state index < -0.39 is 0 Å². The summed E-state index contributed by atoms with van der Waals surface area (Å²) < 4.78 is 5.34. The zero-order valence-electron chi connectivity index (χ0n) is 12.0. The van der Waals surface area contributed by atoms with Crippen LogP contribution in [0.15, 0.2) is 0 Å². The van der Waals surface area contributed by atoms with Crippen LogP contribution in [0.5, 0.6) is 0 Å². The fourth-order valence-corrected chi connectivity index (χ4v) is 2.46. The SMILES string of the molecule is CC(C)C(CN)C(=O)N(C)CCC1CCOCC1. The average Bonchev–Trinajstić information content (AvgIpc) is 2.37. The van der Waals surface area contributed by atoms with Gasteiger partial charge in [-0.15, -0.1) is 0 Å². The number of hydrogen-bond acceptors (Lipinski definition) is 3. The lowest BCUT2D eigenvalue weighted by molar-refractivity contribution is -0.135. The van der Waals surface area contributed by atoms with Crippen LogP contribution in [0.1, 0.15) is 33.1 Å². The van der Waals surface area contributed by atoms with Crippen LogP contribution >= 0.6 is 0 Å². The van der Waals surface area contributed by atoms with Gasteiger partial charge in [-0.2, -0.15) is 0 Å². The van der Waals surface area contributed by atoms with Crippen LogP contribution in [-0.4, -0.2) is 44.2 Å². The maximum absolute atomic E-state index is 12.2. The van der Waals surface area contributed by atoms with Gasteiger partial charge in [-0.1, -0.05) is 13.8 Å². The van der Waals surface area contributed by atoms with Gasteiger partial charge in [0.25, 0.3) is 0 Å². The Labute approximate surface area is 111 Å². The fraction of sp³-hybridized carbons (Fsp3) is 0.929. The van der Waals surface area contributed by atoms with E-state index in [1.165, 1.54) is 0 Å². The predicted molar refractivity (Wildman–Crippen MR) is 73.2 cm³/mol. The number of hydrogen-bond donors (Lipinski definition) is 1. The second kappa shape index (κ2) is 7.74. The summed E-state index contributed by atoms with van der Waals surface area (Å²) in [6.07, 6.45) is 3.35. The highest BCUT2D eigenvalue weighted by atomic mass is 16.5. The molecule has 0 aromatic carbocycles. The zero-order chi connectivity index (χ0) is 13.5. The van der Waals surface area contributed by atoms with Crippen molar-refractivity contribution >= 4 is 5.91 Å². The molecule has 1 amide bonds. The van der Waals surface area contributed by atoms with Gasteiger partial charge in [-0.3, -0.25) is 4.79 Å². The summed E-state index contributed by atoms with van der Waals surface area (Å²) in [4.78, 5) is 14.1. The third-order valence-electron chi connectivity index (χ3n) is 3.97. The van der Waals surface area contributed by atoms with E-state index in [1.54, 1.807) is 0 Å². The molecule has 1 fully saturated rings. The highest BCUT2D eigenvalue weighted by Crippen LogP contribution is 2.19. The van der Waals surface area contributed by atoms with E-state index in [1.807, 2.05) is 11.9 Å². The van der Waals surface area contributed by atoms with Crippen LogP contribution in [0.3, 0.4) is 0 Å². The largest absolute Gasteiger partial charge is 0.381 e. The Morgan fingerprint density at radius 3 is 2.50 bits per heavy atom. The van der Waals surface area contributed by atoms with Gasteiger partial charge in [0.1, 0.15) is 0 Å². The van der Waals surface area contributed by atoms with E-state index in [0.717, 1.165) is 39.0 Å². The van der Waals surface area contributed by atoms with Gasteiger partial charge in [0.05, 0.1) is 5.92 Å². The first-order valence-electron chi connectivity index (χ1n) is 7.09. The molecule has 4 heteroatoms. The molecule has 1 rings (SSSR count). The molecule has 0 radical (unpaired) electrons. The Balaban J connectivity index is 2.34. The van der Waals surface area contributed by atoms with E-state index in [9.17, 15) is 4.79 Å². The maximum Gasteiger partial charge on any atom is 0.226 e. The highest BCUT2D eigenvalue weighted by molar-refractivity contribution is 5.79. The lowest BCUT2D eigenvalue weighted by atomic mass is 9.93. The third kappa shape index (κ3) is 4.58. The zero-order valence-corrected chi connectivity index (χ0v) is 12.0. The molecule has 1 saturated heterocycles. The highest BCUT2D eigenvalue weighted by Gasteiger charge is 2.24. The van der Waals surface area contributed by atoms with Crippen molar-refractivity contribution in [1.29, 1.82) is 0 Å². The molecule has 0 aromatic heterocycles. The van der Waals surface area contributed by atoms with Crippen LogP contribution in [-0.2, 0) is 9.53 Å². The van der Waals surface area contributed by atoms with E-state index in [0.29, 0.717) is 18.4 Å². The Bertz CT molecular complexity index is 250. The molecule has 1 aliphatic rings. The summed E-state index contributed by atoms with van der Waals surface area (Å²) in [7, 11) is 1.90. The van der Waals surface area contributed by atoms with Crippen molar-refractivity contribution in [2.75, 3.05) is 33.4 Å². The van der Waals surface area contributed by atoms with Crippen molar-refractivity contribution in [2.45, 2.75) is 33.1 Å². The standard InChI is InChI=1S/C14H28N2O2/c1-11(2)13(10-15)14(17)16(3)7-4-12-5-8-18-9-6-12/h11-13H,4-10,15H2,1-3H3. The number of carbonyl (C=O) groups excluding carboxylic acids is 1. The minimum atomic E-state index is -0.0373. The van der Waals surface area contributed by atoms with Gasteiger partial charge in [-0.25, -0.2) is 0 Å². The van der Waals surface area contributed by atoms with Gasteiger partial charge in [-0.05, 0) is 31.1 Å². The average molecular weight is 256 g/mol. The van der Waals surface area contributed by atoms with Gasteiger partial charge >= 0.3 is 0 Å². The Hall–Kier alpha value is -0.610. The lowest BCUT2D eigenvalue weighted by Gasteiger charge is -2.28. The molecule has 106 valence electrons. The first-order chi connectivity index (χ1) is 8.56. The topological polar surface area (TPSA) is 55.6 Å². The first kappa shape index (κ1) is 15.4. The molecule has 0 aliphatic carbocycles. The van der Waals surface area contributed by atoms with Gasteiger partial charge in [0, 0.05) is 33.4 Å². The van der Waals surface area contributed by atoms with Crippen LogP contribution in [0.4, 0.5) is 0 Å². The molecule has 18 heavy (non-hydrogen) atoms. The molecule has 0 saturated carbocycles. The summed E-state index contributed by atoms with van der Waals surface area (Å²) in [5.74, 6) is 1.18. The first-order valence-corrected chi connectivity index (χ1v) is 7.09. The molecule has 1 atom stereocenters. The van der Waals surface area contributed by atoms with Gasteiger partial charge < -0.3 is 15.4 Å². The maximum atomic E-state index is 12.2. The van der Waals surface area contributed by atoms with E-state index >= 15 is 0 Å². The number of amides is 1. The lowest BCUT2D eigenvalue weighted by Crippen LogP contribution is -2.40. The van der Waals surface area contributed by atoms with Crippen molar-refractivity contribution in [3.8, 4) is 0 Å². The third-order valence-corrected chi connectivity index (χ3v) is 3.97. The van der Waals surface area contributed by atoms with Gasteiger partial charge in [0.15, 0.2) is 0 Å². The monoisotopic (exact) mass is 256 g/mol. The smallest absolute Gasteiger partial charge is 0.226 e. The number of ether oxygens (including phenoxy) is 1. The molecule has 0 spiro atoms. The van der Waals surface area contributed by atoms with Crippen LogP contribution in [0.2, 0.25) is 0 Å². The number of carbonyl (C=O) groups is 1. The minimum Gasteiger partial charge on any atom is -0.381 e. The predicted octanol–water partition coefficient (Wildman–Crippen LogP) is 1.49. The van der Waals surface area contributed by atoms with Crippen LogP contribution in [0.25, 0.3) is 0 Å². The van der Waals surface area contributed by atoms with Crippen molar-refractivity contribution in [1.82, 2.24) is 4.90 Å². The second-order valence-electron chi connectivity index (χ2n) is 5.69. The second-order valence-corrected chi connectivity index (χ2v) is 5.69. The van der Waals surface area contributed by atoms with Crippen molar-refractivity contribution in [3.63, 3.8) is 0 Å². The Morgan fingerprint density at radius 2 is 2.00 bits per heavy atom. The summed E-state index contributed by atoms with van der Waals surface area (Å²) in [5.41, 5.74) is 5.69. The fourth-order valence-electron chi connectivity index (χ4n) is 2.46. The molecule has 2 N–H and O–H groups in total. The molecule has 1 heterocycles. The molecule has 0 aromatic rings. The molecule has 0 bridgehead atoms. The van der Waals surface area contributed by atoms with Crippen molar-refractivity contribution < 1.29 is 9.53 Å². The number of nitrogens with two attached hydrogens (primary N) is 1. The molecular formula is C14H28N2O2. The molecular weight excluding hydrogens is 228 g/mol. The van der Waals surface area contributed by atoms with Gasteiger partial charge in [0.2, 0.25) is 5.91 Å². The minimum absolute atomic E-state index is 0.0373.